The Kier molecular flexibility index (Phi) is 5.57. The number of ether oxygens (including phenoxy) is 1. The van der Waals surface area contributed by atoms with Gasteiger partial charge in [-0.25, -0.2) is 0 Å². The van der Waals surface area contributed by atoms with Gasteiger partial charge in [0.25, 0.3) is 0 Å². The summed E-state index contributed by atoms with van der Waals surface area (Å²) in [7, 11) is 0. The van der Waals surface area contributed by atoms with Crippen LogP contribution in [0.4, 0.5) is 0 Å². The summed E-state index contributed by atoms with van der Waals surface area (Å²) in [6, 6.07) is 8.40. The highest BCUT2D eigenvalue weighted by molar-refractivity contribution is 9.09. The summed E-state index contributed by atoms with van der Waals surface area (Å²) in [6.45, 7) is 2.80. The lowest BCUT2D eigenvalue weighted by atomic mass is 10.0. The van der Waals surface area contributed by atoms with Gasteiger partial charge in [0, 0.05) is 0 Å². The molecule has 0 saturated heterocycles. The number of allylic oxidation sites excluding steroid dienone is 1. The highest BCUT2D eigenvalue weighted by Crippen LogP contribution is 2.11. The van der Waals surface area contributed by atoms with Crippen LogP contribution in [0.5, 0.6) is 0 Å². The predicted molar refractivity (Wildman–Crippen MR) is 64.6 cm³/mol. The molecule has 0 aliphatic carbocycles. The zero-order chi connectivity index (χ0) is 10.2. The zero-order valence-electron chi connectivity index (χ0n) is 8.37. The third-order valence-electron chi connectivity index (χ3n) is 1.99. The fourth-order valence-corrected chi connectivity index (χ4v) is 1.57. The van der Waals surface area contributed by atoms with E-state index in [4.69, 9.17) is 4.74 Å². The average Bonchev–Trinajstić information content (AvgIpc) is 2.21. The SMILES string of the molecule is C/C=C\c1ccccc1CCOCBr. The molecule has 2 heteroatoms. The molecule has 0 N–H and O–H groups in total. The molecule has 0 atom stereocenters. The maximum atomic E-state index is 5.26. The van der Waals surface area contributed by atoms with Crippen molar-refractivity contribution in [2.75, 3.05) is 12.1 Å². The van der Waals surface area contributed by atoms with Gasteiger partial charge in [-0.15, -0.1) is 0 Å². The van der Waals surface area contributed by atoms with E-state index >= 15 is 0 Å². The van der Waals surface area contributed by atoms with Gasteiger partial charge in [-0.05, 0) is 24.5 Å². The molecule has 0 aliphatic rings. The number of benzene rings is 1. The molecule has 0 aromatic heterocycles. The van der Waals surface area contributed by atoms with Gasteiger partial charge in [0.2, 0.25) is 0 Å². The monoisotopic (exact) mass is 254 g/mol. The molecule has 14 heavy (non-hydrogen) atoms. The second-order valence-electron chi connectivity index (χ2n) is 2.97. The maximum absolute atomic E-state index is 5.26. The van der Waals surface area contributed by atoms with E-state index in [1.165, 1.54) is 11.1 Å². The van der Waals surface area contributed by atoms with Crippen LogP contribution in [0.1, 0.15) is 18.1 Å². The van der Waals surface area contributed by atoms with E-state index in [0.29, 0.717) is 5.52 Å². The summed E-state index contributed by atoms with van der Waals surface area (Å²) < 4.78 is 5.26. The van der Waals surface area contributed by atoms with Gasteiger partial charge in [0.05, 0.1) is 6.61 Å². The van der Waals surface area contributed by atoms with Crippen LogP contribution in [0.3, 0.4) is 0 Å². The average molecular weight is 255 g/mol. The van der Waals surface area contributed by atoms with Crippen LogP contribution in [-0.4, -0.2) is 12.1 Å². The number of halogens is 1. The third-order valence-corrected chi connectivity index (χ3v) is 2.32. The van der Waals surface area contributed by atoms with E-state index in [1.54, 1.807) is 0 Å². The van der Waals surface area contributed by atoms with Crippen LogP contribution in [0, 0.1) is 0 Å². The lowest BCUT2D eigenvalue weighted by Crippen LogP contribution is -1.98. The molecular weight excluding hydrogens is 240 g/mol. The molecule has 76 valence electrons. The van der Waals surface area contributed by atoms with E-state index in [9.17, 15) is 0 Å². The first kappa shape index (κ1) is 11.5. The van der Waals surface area contributed by atoms with Crippen LogP contribution in [0.25, 0.3) is 6.08 Å². The molecular formula is C12H15BrO. The fraction of sp³-hybridized carbons (Fsp3) is 0.333. The maximum Gasteiger partial charge on any atom is 0.102 e. The summed E-state index contributed by atoms with van der Waals surface area (Å²) >= 11 is 3.24. The standard InChI is InChI=1S/C12H15BrO/c1-2-5-11-6-3-4-7-12(11)8-9-14-10-13/h2-7H,8-10H2,1H3/b5-2-. The van der Waals surface area contributed by atoms with Gasteiger partial charge in [-0.2, -0.15) is 0 Å². The van der Waals surface area contributed by atoms with Crippen molar-refractivity contribution >= 4 is 22.0 Å². The minimum atomic E-state index is 0.610. The van der Waals surface area contributed by atoms with Crippen LogP contribution in [-0.2, 0) is 11.2 Å². The van der Waals surface area contributed by atoms with Crippen molar-refractivity contribution in [1.82, 2.24) is 0 Å². The fourth-order valence-electron chi connectivity index (χ4n) is 1.34. The van der Waals surface area contributed by atoms with Crippen molar-refractivity contribution in [3.8, 4) is 0 Å². The van der Waals surface area contributed by atoms with E-state index in [-0.39, 0.29) is 0 Å². The first-order valence-electron chi connectivity index (χ1n) is 4.72. The quantitative estimate of drug-likeness (QED) is 0.576. The summed E-state index contributed by atoms with van der Waals surface area (Å²) in [5.74, 6) is 0. The lowest BCUT2D eigenvalue weighted by molar-refractivity contribution is 0.190. The molecule has 0 aliphatic heterocycles. The Hall–Kier alpha value is -0.600. The zero-order valence-corrected chi connectivity index (χ0v) is 9.96. The molecule has 0 unspecified atom stereocenters. The van der Waals surface area contributed by atoms with Gasteiger partial charge in [-0.1, -0.05) is 52.3 Å². The van der Waals surface area contributed by atoms with Crippen LogP contribution in [0.2, 0.25) is 0 Å². The van der Waals surface area contributed by atoms with Gasteiger partial charge < -0.3 is 4.74 Å². The Bertz CT molecular complexity index is 294. The Morgan fingerprint density at radius 3 is 2.86 bits per heavy atom. The number of alkyl halides is 1. The highest BCUT2D eigenvalue weighted by Gasteiger charge is 1.97. The Balaban J connectivity index is 2.64. The van der Waals surface area contributed by atoms with E-state index in [2.05, 4.69) is 52.3 Å². The van der Waals surface area contributed by atoms with Gasteiger partial charge in [0.1, 0.15) is 5.52 Å². The topological polar surface area (TPSA) is 9.23 Å². The van der Waals surface area contributed by atoms with E-state index < -0.39 is 0 Å². The van der Waals surface area contributed by atoms with Crippen LogP contribution in [0.15, 0.2) is 30.3 Å². The van der Waals surface area contributed by atoms with Crippen LogP contribution < -0.4 is 0 Å². The van der Waals surface area contributed by atoms with E-state index in [1.807, 2.05) is 6.92 Å². The molecule has 0 fully saturated rings. The van der Waals surface area contributed by atoms with Gasteiger partial charge in [0.15, 0.2) is 0 Å². The molecule has 1 aromatic carbocycles. The summed E-state index contributed by atoms with van der Waals surface area (Å²) in [5, 5.41) is 0. The normalized spacial score (nSPS) is 11.0. The van der Waals surface area contributed by atoms with Gasteiger partial charge in [-0.3, -0.25) is 0 Å². The second kappa shape index (κ2) is 6.80. The molecule has 0 saturated carbocycles. The van der Waals surface area contributed by atoms with Crippen molar-refractivity contribution in [2.45, 2.75) is 13.3 Å². The summed E-state index contributed by atoms with van der Waals surface area (Å²) in [4.78, 5) is 0. The Morgan fingerprint density at radius 1 is 1.36 bits per heavy atom. The summed E-state index contributed by atoms with van der Waals surface area (Å²) in [5.41, 5.74) is 3.23. The van der Waals surface area contributed by atoms with Crippen molar-refractivity contribution in [2.24, 2.45) is 0 Å². The highest BCUT2D eigenvalue weighted by atomic mass is 79.9. The largest absolute Gasteiger partial charge is 0.370 e. The minimum Gasteiger partial charge on any atom is -0.370 e. The second-order valence-corrected chi connectivity index (χ2v) is 3.42. The minimum absolute atomic E-state index is 0.610. The summed E-state index contributed by atoms with van der Waals surface area (Å²) in [6.07, 6.45) is 5.15. The molecule has 0 bridgehead atoms. The number of hydrogen-bond acceptors (Lipinski definition) is 1. The smallest absolute Gasteiger partial charge is 0.102 e. The van der Waals surface area contributed by atoms with Crippen molar-refractivity contribution < 1.29 is 4.74 Å². The molecule has 0 spiro atoms. The molecule has 0 amide bonds. The number of rotatable bonds is 5. The lowest BCUT2D eigenvalue weighted by Gasteiger charge is -2.05. The predicted octanol–water partition coefficient (Wildman–Crippen LogP) is 3.63. The van der Waals surface area contributed by atoms with Crippen LogP contribution >= 0.6 is 15.9 Å². The van der Waals surface area contributed by atoms with E-state index in [0.717, 1.165) is 13.0 Å². The van der Waals surface area contributed by atoms with Gasteiger partial charge >= 0.3 is 0 Å². The van der Waals surface area contributed by atoms with Crippen molar-refractivity contribution in [1.29, 1.82) is 0 Å². The first-order chi connectivity index (χ1) is 6.88. The molecule has 0 radical (unpaired) electrons. The number of hydrogen-bond donors (Lipinski definition) is 0. The van der Waals surface area contributed by atoms with Crippen molar-refractivity contribution in [3.63, 3.8) is 0 Å². The Labute approximate surface area is 93.9 Å². The first-order valence-corrected chi connectivity index (χ1v) is 5.85. The third kappa shape index (κ3) is 3.64. The molecule has 1 aromatic rings. The Morgan fingerprint density at radius 2 is 2.14 bits per heavy atom. The molecule has 1 rings (SSSR count). The molecule has 0 heterocycles. The van der Waals surface area contributed by atoms with Crippen molar-refractivity contribution in [3.05, 3.63) is 41.5 Å². The molecule has 1 nitrogen and oxygen atoms in total.